The summed E-state index contributed by atoms with van der Waals surface area (Å²) in [6, 6.07) is 0. The lowest BCUT2D eigenvalue weighted by atomic mass is 9.88. The minimum absolute atomic E-state index is 0.0484. The summed E-state index contributed by atoms with van der Waals surface area (Å²) in [7, 11) is 0. The second kappa shape index (κ2) is 12.7. The van der Waals surface area contributed by atoms with Gasteiger partial charge in [0.1, 0.15) is 0 Å². The van der Waals surface area contributed by atoms with E-state index in [2.05, 4.69) is 32.0 Å². The van der Waals surface area contributed by atoms with Crippen LogP contribution in [-0.4, -0.2) is 11.4 Å². The number of terminal acetylenes is 1. The predicted molar refractivity (Wildman–Crippen MR) is 92.1 cm³/mol. The molecule has 2 heteroatoms. The van der Waals surface area contributed by atoms with E-state index in [4.69, 9.17) is 6.42 Å². The van der Waals surface area contributed by atoms with Crippen LogP contribution in [0.5, 0.6) is 0 Å². The van der Waals surface area contributed by atoms with Crippen LogP contribution in [-0.2, 0) is 4.79 Å². The average Bonchev–Trinajstić information content (AvgIpc) is 2.46. The van der Waals surface area contributed by atoms with Crippen molar-refractivity contribution in [1.29, 1.82) is 0 Å². The van der Waals surface area contributed by atoms with E-state index in [1.165, 1.54) is 51.4 Å². The van der Waals surface area contributed by atoms with Crippen molar-refractivity contribution in [2.75, 3.05) is 0 Å². The molecule has 21 heavy (non-hydrogen) atoms. The van der Waals surface area contributed by atoms with Gasteiger partial charge >= 0.3 is 0 Å². The lowest BCUT2D eigenvalue weighted by Crippen LogP contribution is -2.45. The van der Waals surface area contributed by atoms with Gasteiger partial charge in [-0.1, -0.05) is 65.2 Å². The Kier molecular flexibility index (Phi) is 12.2. The second-order valence-electron chi connectivity index (χ2n) is 6.43. The highest BCUT2D eigenvalue weighted by atomic mass is 16.1. The zero-order valence-electron chi connectivity index (χ0n) is 14.5. The fourth-order valence-corrected chi connectivity index (χ4v) is 2.72. The van der Waals surface area contributed by atoms with Crippen LogP contribution in [0.15, 0.2) is 0 Å². The predicted octanol–water partition coefficient (Wildman–Crippen LogP) is 5.22. The first-order chi connectivity index (χ1) is 10.1. The van der Waals surface area contributed by atoms with Crippen molar-refractivity contribution in [1.82, 2.24) is 5.32 Å². The summed E-state index contributed by atoms with van der Waals surface area (Å²) in [5.74, 6) is 2.66. The van der Waals surface area contributed by atoms with Gasteiger partial charge in [-0.15, -0.1) is 12.3 Å². The standard InChI is InChI=1S/C19H35NO/c1-5-8-11-13-16-19(4,17-14-12-9-6-2)20-18(21)15-10-7-3/h3H,5-6,8-17H2,1-2,4H3,(H,20,21). The Bertz CT molecular complexity index is 291. The first kappa shape index (κ1) is 20.0. The van der Waals surface area contributed by atoms with E-state index >= 15 is 0 Å². The van der Waals surface area contributed by atoms with Gasteiger partial charge in [0.2, 0.25) is 5.91 Å². The first-order valence-corrected chi connectivity index (χ1v) is 8.82. The summed E-state index contributed by atoms with van der Waals surface area (Å²) < 4.78 is 0. The molecule has 0 radical (unpaired) electrons. The molecule has 122 valence electrons. The molecule has 0 heterocycles. The van der Waals surface area contributed by atoms with Crippen molar-refractivity contribution in [3.8, 4) is 12.3 Å². The van der Waals surface area contributed by atoms with Gasteiger partial charge in [0.15, 0.2) is 0 Å². The Morgan fingerprint density at radius 3 is 1.95 bits per heavy atom. The zero-order chi connectivity index (χ0) is 16.0. The molecule has 0 saturated heterocycles. The highest BCUT2D eigenvalue weighted by molar-refractivity contribution is 5.76. The van der Waals surface area contributed by atoms with Gasteiger partial charge in [-0.05, 0) is 19.8 Å². The maximum Gasteiger partial charge on any atom is 0.221 e. The molecule has 0 aromatic carbocycles. The number of amides is 1. The van der Waals surface area contributed by atoms with Crippen molar-refractivity contribution in [2.24, 2.45) is 0 Å². The van der Waals surface area contributed by atoms with Crippen molar-refractivity contribution >= 4 is 5.91 Å². The molecule has 0 aliphatic carbocycles. The van der Waals surface area contributed by atoms with Crippen molar-refractivity contribution in [2.45, 2.75) is 103 Å². The van der Waals surface area contributed by atoms with E-state index in [1.807, 2.05) is 0 Å². The van der Waals surface area contributed by atoms with Crippen molar-refractivity contribution in [3.63, 3.8) is 0 Å². The quantitative estimate of drug-likeness (QED) is 0.366. The molecule has 1 N–H and O–H groups in total. The van der Waals surface area contributed by atoms with Gasteiger partial charge in [-0.25, -0.2) is 0 Å². The summed E-state index contributed by atoms with van der Waals surface area (Å²) in [6.07, 6.45) is 18.4. The smallest absolute Gasteiger partial charge is 0.221 e. The lowest BCUT2D eigenvalue weighted by molar-refractivity contribution is -0.123. The number of carbonyl (C=O) groups excluding carboxylic acids is 1. The van der Waals surface area contributed by atoms with E-state index < -0.39 is 0 Å². The molecule has 1 amide bonds. The lowest BCUT2D eigenvalue weighted by Gasteiger charge is -2.31. The minimum Gasteiger partial charge on any atom is -0.351 e. The Balaban J connectivity index is 4.29. The molecule has 0 aromatic rings. The molecule has 0 aliphatic heterocycles. The first-order valence-electron chi connectivity index (χ1n) is 8.82. The van der Waals surface area contributed by atoms with Gasteiger partial charge in [0.25, 0.3) is 0 Å². The molecule has 2 nitrogen and oxygen atoms in total. The monoisotopic (exact) mass is 293 g/mol. The van der Waals surface area contributed by atoms with Crippen LogP contribution in [0.25, 0.3) is 0 Å². The van der Waals surface area contributed by atoms with Crippen LogP contribution in [0.4, 0.5) is 0 Å². The van der Waals surface area contributed by atoms with Crippen LogP contribution < -0.4 is 5.32 Å². The largest absolute Gasteiger partial charge is 0.351 e. The van der Waals surface area contributed by atoms with E-state index in [0.29, 0.717) is 12.8 Å². The van der Waals surface area contributed by atoms with Crippen LogP contribution >= 0.6 is 0 Å². The van der Waals surface area contributed by atoms with E-state index in [1.54, 1.807) is 0 Å². The Labute approximate surface area is 132 Å². The summed E-state index contributed by atoms with van der Waals surface area (Å²) in [5, 5.41) is 3.25. The van der Waals surface area contributed by atoms with E-state index in [9.17, 15) is 4.79 Å². The summed E-state index contributed by atoms with van der Waals surface area (Å²) >= 11 is 0. The Morgan fingerprint density at radius 1 is 1.00 bits per heavy atom. The van der Waals surface area contributed by atoms with Gasteiger partial charge in [-0.3, -0.25) is 4.79 Å². The van der Waals surface area contributed by atoms with Crippen molar-refractivity contribution < 1.29 is 4.79 Å². The molecule has 0 aromatic heterocycles. The summed E-state index contributed by atoms with van der Waals surface area (Å²) in [5.41, 5.74) is -0.0484. The third-order valence-corrected chi connectivity index (χ3v) is 4.10. The minimum atomic E-state index is -0.0484. The average molecular weight is 293 g/mol. The molecule has 0 fully saturated rings. The number of carbonyl (C=O) groups is 1. The highest BCUT2D eigenvalue weighted by Gasteiger charge is 2.24. The fourth-order valence-electron chi connectivity index (χ4n) is 2.72. The normalized spacial score (nSPS) is 11.1. The zero-order valence-corrected chi connectivity index (χ0v) is 14.5. The third kappa shape index (κ3) is 11.4. The second-order valence-corrected chi connectivity index (χ2v) is 6.43. The molecule has 0 rings (SSSR count). The van der Waals surface area contributed by atoms with Crippen LogP contribution in [0.2, 0.25) is 0 Å². The molecule has 0 aliphatic rings. The molecule has 0 spiro atoms. The Hall–Kier alpha value is -0.970. The number of hydrogen-bond donors (Lipinski definition) is 1. The SMILES string of the molecule is C#CCCC(=O)NC(C)(CCCCCC)CCCCCC. The molecule has 0 atom stereocenters. The summed E-state index contributed by atoms with van der Waals surface area (Å²) in [6.45, 7) is 6.66. The molecular formula is C19H35NO. The van der Waals surface area contributed by atoms with Crippen molar-refractivity contribution in [3.05, 3.63) is 0 Å². The number of nitrogens with one attached hydrogen (secondary N) is 1. The van der Waals surface area contributed by atoms with Crippen LogP contribution in [0, 0.1) is 12.3 Å². The number of rotatable bonds is 13. The number of unbranched alkanes of at least 4 members (excludes halogenated alkanes) is 6. The van der Waals surface area contributed by atoms with Gasteiger partial charge < -0.3 is 5.32 Å². The topological polar surface area (TPSA) is 29.1 Å². The number of hydrogen-bond acceptors (Lipinski definition) is 1. The maximum atomic E-state index is 12.0. The van der Waals surface area contributed by atoms with Gasteiger partial charge in [0, 0.05) is 18.4 Å². The highest BCUT2D eigenvalue weighted by Crippen LogP contribution is 2.23. The molecular weight excluding hydrogens is 258 g/mol. The third-order valence-electron chi connectivity index (χ3n) is 4.10. The maximum absolute atomic E-state index is 12.0. The van der Waals surface area contributed by atoms with Gasteiger partial charge in [0.05, 0.1) is 0 Å². The van der Waals surface area contributed by atoms with Crippen LogP contribution in [0.3, 0.4) is 0 Å². The van der Waals surface area contributed by atoms with Crippen LogP contribution in [0.1, 0.15) is 97.8 Å². The molecule has 0 saturated carbocycles. The van der Waals surface area contributed by atoms with E-state index in [0.717, 1.165) is 12.8 Å². The fraction of sp³-hybridized carbons (Fsp3) is 0.842. The summed E-state index contributed by atoms with van der Waals surface area (Å²) in [4.78, 5) is 12.0. The van der Waals surface area contributed by atoms with E-state index in [-0.39, 0.29) is 11.4 Å². The molecule has 0 unspecified atom stereocenters. The van der Waals surface area contributed by atoms with Gasteiger partial charge in [-0.2, -0.15) is 0 Å². The molecule has 0 bridgehead atoms. The Morgan fingerprint density at radius 2 is 1.52 bits per heavy atom.